The monoisotopic (exact) mass is 356 g/mol. The number of para-hydroxylation sites is 2. The van der Waals surface area contributed by atoms with Gasteiger partial charge in [0, 0.05) is 17.6 Å². The second-order valence-electron chi connectivity index (χ2n) is 5.68. The molecule has 0 amide bonds. The molecule has 112 valence electrons. The molecule has 2 heterocycles. The van der Waals surface area contributed by atoms with Gasteiger partial charge in [-0.1, -0.05) is 40.2 Å². The van der Waals surface area contributed by atoms with Crippen LogP contribution in [0.3, 0.4) is 0 Å². The first-order chi connectivity index (χ1) is 10.8. The van der Waals surface area contributed by atoms with Crippen molar-refractivity contribution in [2.45, 2.75) is 25.5 Å². The number of ether oxygens (including phenoxy) is 1. The maximum absolute atomic E-state index is 5.88. The molecule has 4 heteroatoms. The van der Waals surface area contributed by atoms with E-state index >= 15 is 0 Å². The Bertz CT molecular complexity index is 806. The molecule has 22 heavy (non-hydrogen) atoms. The van der Waals surface area contributed by atoms with E-state index in [0.717, 1.165) is 41.8 Å². The van der Waals surface area contributed by atoms with Gasteiger partial charge in [0.2, 0.25) is 0 Å². The van der Waals surface area contributed by atoms with Gasteiger partial charge in [-0.3, -0.25) is 0 Å². The second-order valence-corrected chi connectivity index (χ2v) is 6.59. The van der Waals surface area contributed by atoms with E-state index in [1.807, 2.05) is 6.07 Å². The summed E-state index contributed by atoms with van der Waals surface area (Å²) in [5, 5.41) is 0. The molecule has 1 aliphatic rings. The van der Waals surface area contributed by atoms with Gasteiger partial charge in [0.05, 0.1) is 11.0 Å². The quantitative estimate of drug-likeness (QED) is 0.680. The van der Waals surface area contributed by atoms with E-state index in [-0.39, 0.29) is 6.10 Å². The first kappa shape index (κ1) is 14.0. The fourth-order valence-electron chi connectivity index (χ4n) is 3.11. The van der Waals surface area contributed by atoms with Crippen molar-refractivity contribution in [2.24, 2.45) is 0 Å². The SMILES string of the molecule is Brc1cccc(Cn2c(C3CCCO3)nc3ccccc32)c1. The summed E-state index contributed by atoms with van der Waals surface area (Å²) < 4.78 is 9.28. The van der Waals surface area contributed by atoms with Gasteiger partial charge in [-0.25, -0.2) is 4.98 Å². The summed E-state index contributed by atoms with van der Waals surface area (Å²) in [5.74, 6) is 1.05. The fourth-order valence-corrected chi connectivity index (χ4v) is 3.55. The first-order valence-electron chi connectivity index (χ1n) is 7.62. The molecular weight excluding hydrogens is 340 g/mol. The van der Waals surface area contributed by atoms with Crippen LogP contribution in [0.1, 0.15) is 30.3 Å². The Morgan fingerprint density at radius 2 is 2.09 bits per heavy atom. The van der Waals surface area contributed by atoms with E-state index in [2.05, 4.69) is 63.0 Å². The molecule has 0 spiro atoms. The zero-order valence-electron chi connectivity index (χ0n) is 12.2. The lowest BCUT2D eigenvalue weighted by atomic mass is 10.2. The van der Waals surface area contributed by atoms with Crippen molar-refractivity contribution in [3.63, 3.8) is 0 Å². The number of nitrogens with zero attached hydrogens (tertiary/aromatic N) is 2. The van der Waals surface area contributed by atoms with Gasteiger partial charge in [0.15, 0.2) is 0 Å². The third kappa shape index (κ3) is 2.57. The van der Waals surface area contributed by atoms with E-state index in [0.29, 0.717) is 0 Å². The lowest BCUT2D eigenvalue weighted by Gasteiger charge is -2.14. The summed E-state index contributed by atoms with van der Waals surface area (Å²) in [4.78, 5) is 4.84. The summed E-state index contributed by atoms with van der Waals surface area (Å²) in [7, 11) is 0. The van der Waals surface area contributed by atoms with Crippen LogP contribution in [0.5, 0.6) is 0 Å². The van der Waals surface area contributed by atoms with Crippen molar-refractivity contribution < 1.29 is 4.74 Å². The van der Waals surface area contributed by atoms with Crippen LogP contribution in [0.25, 0.3) is 11.0 Å². The molecule has 0 aliphatic carbocycles. The number of hydrogen-bond acceptors (Lipinski definition) is 2. The van der Waals surface area contributed by atoms with Crippen molar-refractivity contribution in [2.75, 3.05) is 6.61 Å². The summed E-state index contributed by atoms with van der Waals surface area (Å²) in [6, 6.07) is 16.8. The molecule has 1 saturated heterocycles. The van der Waals surface area contributed by atoms with Crippen LogP contribution in [0, 0.1) is 0 Å². The number of fused-ring (bicyclic) bond motifs is 1. The minimum atomic E-state index is 0.125. The van der Waals surface area contributed by atoms with Crippen LogP contribution in [0.4, 0.5) is 0 Å². The molecule has 3 nitrogen and oxygen atoms in total. The maximum Gasteiger partial charge on any atom is 0.139 e. The fraction of sp³-hybridized carbons (Fsp3) is 0.278. The van der Waals surface area contributed by atoms with Gasteiger partial charge in [0.25, 0.3) is 0 Å². The van der Waals surface area contributed by atoms with E-state index in [1.54, 1.807) is 0 Å². The number of benzene rings is 2. The van der Waals surface area contributed by atoms with Crippen LogP contribution >= 0.6 is 15.9 Å². The summed E-state index contributed by atoms with van der Waals surface area (Å²) >= 11 is 3.55. The van der Waals surface area contributed by atoms with Gasteiger partial charge in [-0.05, 0) is 42.7 Å². The molecule has 0 bridgehead atoms. The lowest BCUT2D eigenvalue weighted by Crippen LogP contribution is -2.09. The molecule has 1 fully saturated rings. The van der Waals surface area contributed by atoms with E-state index < -0.39 is 0 Å². The number of halogens is 1. The van der Waals surface area contributed by atoms with Crippen molar-refractivity contribution in [1.29, 1.82) is 0 Å². The Balaban J connectivity index is 1.81. The van der Waals surface area contributed by atoms with Crippen LogP contribution < -0.4 is 0 Å². The molecule has 3 aromatic rings. The van der Waals surface area contributed by atoms with Gasteiger partial charge >= 0.3 is 0 Å². The normalized spacial score (nSPS) is 18.1. The van der Waals surface area contributed by atoms with Crippen LogP contribution in [0.15, 0.2) is 53.0 Å². The highest BCUT2D eigenvalue weighted by atomic mass is 79.9. The predicted octanol–water partition coefficient (Wildman–Crippen LogP) is 4.70. The minimum Gasteiger partial charge on any atom is -0.370 e. The topological polar surface area (TPSA) is 27.1 Å². The molecule has 0 radical (unpaired) electrons. The second kappa shape index (κ2) is 5.86. The van der Waals surface area contributed by atoms with Crippen molar-refractivity contribution in [3.05, 3.63) is 64.4 Å². The Hall–Kier alpha value is -1.65. The van der Waals surface area contributed by atoms with Crippen LogP contribution in [-0.4, -0.2) is 16.2 Å². The van der Waals surface area contributed by atoms with Gasteiger partial charge < -0.3 is 9.30 Å². The highest BCUT2D eigenvalue weighted by Gasteiger charge is 2.24. The average molecular weight is 357 g/mol. The number of hydrogen-bond donors (Lipinski definition) is 0. The zero-order chi connectivity index (χ0) is 14.9. The van der Waals surface area contributed by atoms with Gasteiger partial charge in [-0.2, -0.15) is 0 Å². The Labute approximate surface area is 138 Å². The molecule has 2 aromatic carbocycles. The average Bonchev–Trinajstić information content (AvgIpc) is 3.15. The molecular formula is C18H17BrN2O. The summed E-state index contributed by atoms with van der Waals surface area (Å²) in [6.45, 7) is 1.65. The predicted molar refractivity (Wildman–Crippen MR) is 90.9 cm³/mol. The van der Waals surface area contributed by atoms with E-state index in [4.69, 9.17) is 9.72 Å². The van der Waals surface area contributed by atoms with Crippen LogP contribution in [-0.2, 0) is 11.3 Å². The third-order valence-electron chi connectivity index (χ3n) is 4.13. The first-order valence-corrected chi connectivity index (χ1v) is 8.42. The standard InChI is InChI=1S/C18H17BrN2O/c19-14-6-3-5-13(11-14)12-21-16-8-2-1-7-15(16)20-18(21)17-9-4-10-22-17/h1-3,5-8,11,17H,4,9-10,12H2. The number of aromatic nitrogens is 2. The lowest BCUT2D eigenvalue weighted by molar-refractivity contribution is 0.103. The Morgan fingerprint density at radius 1 is 1.18 bits per heavy atom. The van der Waals surface area contributed by atoms with Gasteiger partial charge in [-0.15, -0.1) is 0 Å². The molecule has 1 aromatic heterocycles. The third-order valence-corrected chi connectivity index (χ3v) is 4.62. The van der Waals surface area contributed by atoms with Crippen molar-refractivity contribution in [3.8, 4) is 0 Å². The highest BCUT2D eigenvalue weighted by Crippen LogP contribution is 2.31. The number of imidazole rings is 1. The van der Waals surface area contributed by atoms with E-state index in [9.17, 15) is 0 Å². The molecule has 1 unspecified atom stereocenters. The van der Waals surface area contributed by atoms with Crippen molar-refractivity contribution in [1.82, 2.24) is 9.55 Å². The molecule has 1 atom stereocenters. The number of rotatable bonds is 3. The Morgan fingerprint density at radius 3 is 2.91 bits per heavy atom. The smallest absolute Gasteiger partial charge is 0.139 e. The largest absolute Gasteiger partial charge is 0.370 e. The zero-order valence-corrected chi connectivity index (χ0v) is 13.8. The minimum absolute atomic E-state index is 0.125. The van der Waals surface area contributed by atoms with Gasteiger partial charge in [0.1, 0.15) is 11.9 Å². The summed E-state index contributed by atoms with van der Waals surface area (Å²) in [5.41, 5.74) is 3.48. The highest BCUT2D eigenvalue weighted by molar-refractivity contribution is 9.10. The molecule has 0 N–H and O–H groups in total. The summed E-state index contributed by atoms with van der Waals surface area (Å²) in [6.07, 6.45) is 2.30. The van der Waals surface area contributed by atoms with Crippen LogP contribution in [0.2, 0.25) is 0 Å². The van der Waals surface area contributed by atoms with Crippen molar-refractivity contribution >= 4 is 27.0 Å². The molecule has 1 aliphatic heterocycles. The molecule has 0 saturated carbocycles. The maximum atomic E-state index is 5.88. The Kier molecular flexibility index (Phi) is 3.72. The van der Waals surface area contributed by atoms with E-state index in [1.165, 1.54) is 11.1 Å². The molecule has 4 rings (SSSR count).